The number of hydrogen-bond donors (Lipinski definition) is 2. The van der Waals surface area contributed by atoms with E-state index in [0.29, 0.717) is 24.4 Å². The zero-order valence-electron chi connectivity index (χ0n) is 16.4. The number of carbonyl (C=O) groups is 1. The molecule has 1 atom stereocenters. The number of pyridine rings is 1. The highest BCUT2D eigenvalue weighted by molar-refractivity contribution is 5.93. The van der Waals surface area contributed by atoms with Crippen LogP contribution in [-0.2, 0) is 4.79 Å². The van der Waals surface area contributed by atoms with Gasteiger partial charge in [-0.2, -0.15) is 0 Å². The highest BCUT2D eigenvalue weighted by Crippen LogP contribution is 2.43. The molecule has 1 aliphatic carbocycles. The van der Waals surface area contributed by atoms with E-state index in [-0.39, 0.29) is 11.7 Å². The lowest BCUT2D eigenvalue weighted by atomic mass is 9.70. The van der Waals surface area contributed by atoms with Gasteiger partial charge in [0.2, 0.25) is 5.91 Å². The van der Waals surface area contributed by atoms with Gasteiger partial charge in [-0.05, 0) is 73.6 Å². The number of halogens is 1. The Morgan fingerprint density at radius 3 is 2.55 bits per heavy atom. The summed E-state index contributed by atoms with van der Waals surface area (Å²) in [6.45, 7) is 1.76. The van der Waals surface area contributed by atoms with Crippen LogP contribution in [0.2, 0.25) is 0 Å². The average Bonchev–Trinajstić information content (AvgIpc) is 2.75. The number of aliphatic hydroxyl groups is 1. The predicted molar refractivity (Wildman–Crippen MR) is 112 cm³/mol. The number of amides is 1. The van der Waals surface area contributed by atoms with Gasteiger partial charge in [0.1, 0.15) is 5.82 Å². The summed E-state index contributed by atoms with van der Waals surface area (Å²) in [5.74, 6) is -0.804. The number of nitrogens with one attached hydrogen (secondary N) is 1. The molecule has 1 saturated carbocycles. The lowest BCUT2D eigenvalue weighted by molar-refractivity contribution is -0.131. The molecule has 1 heterocycles. The number of benzene rings is 2. The summed E-state index contributed by atoms with van der Waals surface area (Å²) in [5, 5.41) is 15.1. The summed E-state index contributed by atoms with van der Waals surface area (Å²) in [6, 6.07) is 15.8. The fourth-order valence-corrected chi connectivity index (χ4v) is 4.36. The van der Waals surface area contributed by atoms with Crippen LogP contribution in [0.1, 0.15) is 44.1 Å². The normalized spacial score (nSPS) is 22.9. The molecule has 5 heteroatoms. The van der Waals surface area contributed by atoms with Crippen LogP contribution in [0.15, 0.2) is 60.8 Å². The van der Waals surface area contributed by atoms with Crippen molar-refractivity contribution in [1.29, 1.82) is 0 Å². The summed E-state index contributed by atoms with van der Waals surface area (Å²) in [6.07, 6.45) is 4.60. The van der Waals surface area contributed by atoms with E-state index >= 15 is 0 Å². The van der Waals surface area contributed by atoms with Crippen molar-refractivity contribution < 1.29 is 14.3 Å². The molecular weight excluding hydrogens is 367 g/mol. The molecule has 0 unspecified atom stereocenters. The van der Waals surface area contributed by atoms with Crippen LogP contribution in [0.5, 0.6) is 0 Å². The van der Waals surface area contributed by atoms with Crippen LogP contribution in [0.4, 0.5) is 10.1 Å². The molecule has 4 rings (SSSR count). The molecule has 2 aromatic carbocycles. The molecular formula is C24H25FN2O2. The van der Waals surface area contributed by atoms with Crippen molar-refractivity contribution in [2.75, 3.05) is 5.32 Å². The molecule has 0 bridgehead atoms. The van der Waals surface area contributed by atoms with Crippen LogP contribution in [0.25, 0.3) is 10.9 Å². The molecule has 4 nitrogen and oxygen atoms in total. The fourth-order valence-electron chi connectivity index (χ4n) is 4.36. The second kappa shape index (κ2) is 7.91. The first kappa shape index (κ1) is 19.5. The van der Waals surface area contributed by atoms with E-state index in [0.717, 1.165) is 23.7 Å². The van der Waals surface area contributed by atoms with Crippen molar-refractivity contribution in [1.82, 2.24) is 4.98 Å². The third-order valence-corrected chi connectivity index (χ3v) is 6.29. The third kappa shape index (κ3) is 4.01. The van der Waals surface area contributed by atoms with E-state index < -0.39 is 11.5 Å². The minimum absolute atomic E-state index is 0.244. The lowest BCUT2D eigenvalue weighted by Crippen LogP contribution is -2.45. The molecule has 0 aliphatic heterocycles. The highest BCUT2D eigenvalue weighted by Gasteiger charge is 2.41. The van der Waals surface area contributed by atoms with Gasteiger partial charge in [-0.3, -0.25) is 9.78 Å². The van der Waals surface area contributed by atoms with E-state index in [2.05, 4.69) is 22.4 Å². The molecule has 0 radical (unpaired) electrons. The number of nitrogens with zero attached hydrogens (tertiary/aromatic N) is 1. The van der Waals surface area contributed by atoms with Crippen LogP contribution in [0, 0.1) is 11.7 Å². The minimum Gasteiger partial charge on any atom is -0.389 e. The quantitative estimate of drug-likeness (QED) is 0.654. The summed E-state index contributed by atoms with van der Waals surface area (Å²) >= 11 is 0. The SMILES string of the molecule is C[C@H](C(=O)Nc1ccc(F)cc1)[C@]1(O)CC[C@@H](c2ccnc3ccccc32)CC1. The van der Waals surface area contributed by atoms with Gasteiger partial charge in [0, 0.05) is 17.3 Å². The Morgan fingerprint density at radius 2 is 1.83 bits per heavy atom. The van der Waals surface area contributed by atoms with Crippen molar-refractivity contribution in [3.05, 3.63) is 72.2 Å². The Morgan fingerprint density at radius 1 is 1.14 bits per heavy atom. The predicted octanol–water partition coefficient (Wildman–Crippen LogP) is 5.04. The second-order valence-corrected chi connectivity index (χ2v) is 8.01. The average molecular weight is 392 g/mol. The van der Waals surface area contributed by atoms with Gasteiger partial charge < -0.3 is 10.4 Å². The van der Waals surface area contributed by atoms with Gasteiger partial charge in [-0.1, -0.05) is 25.1 Å². The minimum atomic E-state index is -1.04. The van der Waals surface area contributed by atoms with Gasteiger partial charge in [0.15, 0.2) is 0 Å². The first-order valence-corrected chi connectivity index (χ1v) is 10.1. The summed E-state index contributed by atoms with van der Waals surface area (Å²) in [5.41, 5.74) is 1.74. The molecule has 29 heavy (non-hydrogen) atoms. The highest BCUT2D eigenvalue weighted by atomic mass is 19.1. The molecule has 150 valence electrons. The topological polar surface area (TPSA) is 62.2 Å². The van der Waals surface area contributed by atoms with E-state index in [1.165, 1.54) is 29.8 Å². The largest absolute Gasteiger partial charge is 0.389 e. The summed E-state index contributed by atoms with van der Waals surface area (Å²) in [4.78, 5) is 17.1. The van der Waals surface area contributed by atoms with E-state index in [4.69, 9.17) is 0 Å². The van der Waals surface area contributed by atoms with Crippen LogP contribution >= 0.6 is 0 Å². The molecule has 1 amide bonds. The molecule has 0 spiro atoms. The van der Waals surface area contributed by atoms with Gasteiger partial charge in [0.25, 0.3) is 0 Å². The van der Waals surface area contributed by atoms with Crippen molar-refractivity contribution in [2.45, 2.75) is 44.1 Å². The number of para-hydroxylation sites is 1. The zero-order chi connectivity index (χ0) is 20.4. The molecule has 3 aromatic rings. The third-order valence-electron chi connectivity index (χ3n) is 6.29. The Kier molecular flexibility index (Phi) is 5.33. The first-order chi connectivity index (χ1) is 14.0. The van der Waals surface area contributed by atoms with Gasteiger partial charge in [-0.15, -0.1) is 0 Å². The van der Waals surface area contributed by atoms with E-state index in [1.54, 1.807) is 6.92 Å². The number of anilines is 1. The number of fused-ring (bicyclic) bond motifs is 1. The Balaban J connectivity index is 1.44. The van der Waals surface area contributed by atoms with Gasteiger partial charge in [0.05, 0.1) is 17.0 Å². The lowest BCUT2D eigenvalue weighted by Gasteiger charge is -2.40. The number of rotatable bonds is 4. The standard InChI is InChI=1S/C24H25FN2O2/c1-16(23(28)27-19-8-6-18(25)7-9-19)24(29)13-10-17(11-14-24)20-12-15-26-22-5-3-2-4-21(20)22/h2-9,12,15-17,29H,10-11,13-14H2,1H3,(H,27,28)/t16-,17-,24+/m1/s1. The number of hydrogen-bond acceptors (Lipinski definition) is 3. The van der Waals surface area contributed by atoms with Crippen LogP contribution in [-0.4, -0.2) is 21.6 Å². The van der Waals surface area contributed by atoms with Crippen molar-refractivity contribution >= 4 is 22.5 Å². The van der Waals surface area contributed by atoms with E-state index in [9.17, 15) is 14.3 Å². The molecule has 2 N–H and O–H groups in total. The molecule has 1 aliphatic rings. The number of carbonyl (C=O) groups excluding carboxylic acids is 1. The number of aromatic nitrogens is 1. The van der Waals surface area contributed by atoms with Gasteiger partial charge >= 0.3 is 0 Å². The smallest absolute Gasteiger partial charge is 0.230 e. The van der Waals surface area contributed by atoms with Gasteiger partial charge in [-0.25, -0.2) is 4.39 Å². The zero-order valence-corrected chi connectivity index (χ0v) is 16.4. The monoisotopic (exact) mass is 392 g/mol. The van der Waals surface area contributed by atoms with Crippen LogP contribution < -0.4 is 5.32 Å². The maximum absolute atomic E-state index is 13.1. The van der Waals surface area contributed by atoms with Crippen molar-refractivity contribution in [3.63, 3.8) is 0 Å². The van der Waals surface area contributed by atoms with Crippen molar-refractivity contribution in [3.8, 4) is 0 Å². The van der Waals surface area contributed by atoms with E-state index in [1.807, 2.05) is 24.4 Å². The fraction of sp³-hybridized carbons (Fsp3) is 0.333. The Bertz CT molecular complexity index is 1010. The maximum Gasteiger partial charge on any atom is 0.230 e. The molecule has 1 fully saturated rings. The maximum atomic E-state index is 13.1. The summed E-state index contributed by atoms with van der Waals surface area (Å²) < 4.78 is 13.1. The first-order valence-electron chi connectivity index (χ1n) is 10.1. The summed E-state index contributed by atoms with van der Waals surface area (Å²) in [7, 11) is 0. The molecule has 1 aromatic heterocycles. The Labute approximate surface area is 169 Å². The second-order valence-electron chi connectivity index (χ2n) is 8.01. The molecule has 0 saturated heterocycles. The van der Waals surface area contributed by atoms with Crippen LogP contribution in [0.3, 0.4) is 0 Å². The Hall–Kier alpha value is -2.79. The van der Waals surface area contributed by atoms with Crippen molar-refractivity contribution in [2.24, 2.45) is 5.92 Å².